The molecule has 0 saturated carbocycles. The number of carbonyl (C=O) groups excluding carboxylic acids is 1. The number of benzene rings is 1. The van der Waals surface area contributed by atoms with Gasteiger partial charge < -0.3 is 20.9 Å². The number of anilines is 1. The van der Waals surface area contributed by atoms with E-state index in [0.717, 1.165) is 35.2 Å². The van der Waals surface area contributed by atoms with Crippen LogP contribution >= 0.6 is 39.9 Å². The van der Waals surface area contributed by atoms with Gasteiger partial charge in [0, 0.05) is 36.3 Å². The number of likely N-dealkylation sites (tertiary alicyclic amines) is 1. The second-order valence-electron chi connectivity index (χ2n) is 7.09. The maximum absolute atomic E-state index is 12.2. The van der Waals surface area contributed by atoms with E-state index in [4.69, 9.17) is 0 Å². The number of halogens is 2. The van der Waals surface area contributed by atoms with Crippen LogP contribution < -0.4 is 16.0 Å². The van der Waals surface area contributed by atoms with Crippen LogP contribution in [0.5, 0.6) is 0 Å². The van der Waals surface area contributed by atoms with E-state index in [0.29, 0.717) is 12.0 Å². The summed E-state index contributed by atoms with van der Waals surface area (Å²) in [5.41, 5.74) is 1.84. The Morgan fingerprint density at radius 3 is 2.82 bits per heavy atom. The van der Waals surface area contributed by atoms with Crippen LogP contribution in [0.3, 0.4) is 0 Å². The number of nitrogens with zero attached hydrogens (tertiary/aromatic N) is 2. The Balaban J connectivity index is 0.00000392. The summed E-state index contributed by atoms with van der Waals surface area (Å²) in [6, 6.07) is 6.53. The summed E-state index contributed by atoms with van der Waals surface area (Å²) in [6.07, 6.45) is 5.04. The van der Waals surface area contributed by atoms with Crippen LogP contribution in [-0.2, 0) is 4.79 Å². The van der Waals surface area contributed by atoms with Crippen LogP contribution in [0, 0.1) is 6.92 Å². The molecule has 1 heterocycles. The molecule has 0 radical (unpaired) electrons. The average molecular weight is 566 g/mol. The molecular formula is C20H33BrIN5O. The van der Waals surface area contributed by atoms with Gasteiger partial charge in [0.15, 0.2) is 5.96 Å². The molecule has 0 aromatic heterocycles. The molecule has 1 aromatic carbocycles. The Kier molecular flexibility index (Phi) is 12.0. The zero-order chi connectivity index (χ0) is 19.6. The predicted molar refractivity (Wildman–Crippen MR) is 132 cm³/mol. The minimum atomic E-state index is -0.0960. The Morgan fingerprint density at radius 2 is 2.11 bits per heavy atom. The number of guanidine groups is 1. The van der Waals surface area contributed by atoms with Gasteiger partial charge in [0.25, 0.3) is 0 Å². The van der Waals surface area contributed by atoms with Gasteiger partial charge in [0.1, 0.15) is 0 Å². The highest BCUT2D eigenvalue weighted by molar-refractivity contribution is 14.0. The van der Waals surface area contributed by atoms with Crippen molar-refractivity contribution in [2.24, 2.45) is 4.99 Å². The quantitative estimate of drug-likeness (QED) is 0.204. The van der Waals surface area contributed by atoms with Crippen molar-refractivity contribution in [3.63, 3.8) is 0 Å². The fourth-order valence-electron chi connectivity index (χ4n) is 3.29. The zero-order valence-electron chi connectivity index (χ0n) is 17.1. The Morgan fingerprint density at radius 1 is 1.32 bits per heavy atom. The van der Waals surface area contributed by atoms with Crippen LogP contribution in [0.2, 0.25) is 0 Å². The van der Waals surface area contributed by atoms with Crippen molar-refractivity contribution in [3.05, 3.63) is 28.2 Å². The van der Waals surface area contributed by atoms with E-state index in [1.807, 2.05) is 25.1 Å². The summed E-state index contributed by atoms with van der Waals surface area (Å²) < 4.78 is 0.942. The number of amides is 1. The SMILES string of the molecule is CN=C(NCCCN1CCCCC1C)NCC(=O)Nc1cc(Br)ccc1C.I. The van der Waals surface area contributed by atoms with Crippen molar-refractivity contribution in [3.8, 4) is 0 Å². The van der Waals surface area contributed by atoms with Crippen LogP contribution in [0.25, 0.3) is 0 Å². The minimum Gasteiger partial charge on any atom is -0.356 e. The van der Waals surface area contributed by atoms with Crippen molar-refractivity contribution < 1.29 is 4.79 Å². The Labute approximate surface area is 194 Å². The van der Waals surface area contributed by atoms with Gasteiger partial charge >= 0.3 is 0 Å². The van der Waals surface area contributed by atoms with E-state index in [-0.39, 0.29) is 36.4 Å². The Bertz CT molecular complexity index is 655. The molecule has 1 unspecified atom stereocenters. The topological polar surface area (TPSA) is 68.8 Å². The van der Waals surface area contributed by atoms with Crippen molar-refractivity contribution in [1.29, 1.82) is 0 Å². The number of hydrogen-bond acceptors (Lipinski definition) is 3. The third-order valence-electron chi connectivity index (χ3n) is 4.97. The van der Waals surface area contributed by atoms with Crippen molar-refractivity contribution in [2.75, 3.05) is 38.5 Å². The zero-order valence-corrected chi connectivity index (χ0v) is 21.0. The fourth-order valence-corrected chi connectivity index (χ4v) is 3.65. The third kappa shape index (κ3) is 8.65. The number of aryl methyl sites for hydroxylation is 1. The first-order chi connectivity index (χ1) is 13.0. The van der Waals surface area contributed by atoms with Gasteiger partial charge in [0.05, 0.1) is 6.54 Å². The molecule has 1 fully saturated rings. The van der Waals surface area contributed by atoms with Gasteiger partial charge in [0.2, 0.25) is 5.91 Å². The highest BCUT2D eigenvalue weighted by Crippen LogP contribution is 2.20. The first-order valence-electron chi connectivity index (χ1n) is 9.74. The lowest BCUT2D eigenvalue weighted by atomic mass is 10.0. The first kappa shape index (κ1) is 25.2. The number of rotatable bonds is 7. The van der Waals surface area contributed by atoms with E-state index in [1.165, 1.54) is 25.8 Å². The van der Waals surface area contributed by atoms with Crippen molar-refractivity contribution >= 4 is 57.5 Å². The summed E-state index contributed by atoms with van der Waals surface area (Å²) in [4.78, 5) is 18.9. The van der Waals surface area contributed by atoms with Crippen LogP contribution in [-0.4, -0.2) is 56.0 Å². The summed E-state index contributed by atoms with van der Waals surface area (Å²) in [5, 5.41) is 9.29. The molecule has 1 amide bonds. The van der Waals surface area contributed by atoms with E-state index in [1.54, 1.807) is 7.05 Å². The summed E-state index contributed by atoms with van der Waals surface area (Å²) in [6.45, 7) is 7.62. The molecule has 0 bridgehead atoms. The molecule has 28 heavy (non-hydrogen) atoms. The minimum absolute atomic E-state index is 0. The molecule has 0 aliphatic carbocycles. The summed E-state index contributed by atoms with van der Waals surface area (Å²) >= 11 is 3.43. The second-order valence-corrected chi connectivity index (χ2v) is 8.01. The largest absolute Gasteiger partial charge is 0.356 e. The lowest BCUT2D eigenvalue weighted by Crippen LogP contribution is -2.43. The molecule has 8 heteroatoms. The third-order valence-corrected chi connectivity index (χ3v) is 5.46. The average Bonchev–Trinajstić information content (AvgIpc) is 2.65. The highest BCUT2D eigenvalue weighted by Gasteiger charge is 2.17. The molecule has 3 N–H and O–H groups in total. The molecule has 1 saturated heterocycles. The molecule has 2 rings (SSSR count). The van der Waals surface area contributed by atoms with Crippen molar-refractivity contribution in [1.82, 2.24) is 15.5 Å². The second kappa shape index (κ2) is 13.4. The van der Waals surface area contributed by atoms with Gasteiger partial charge in [-0.1, -0.05) is 28.4 Å². The lowest BCUT2D eigenvalue weighted by molar-refractivity contribution is -0.115. The van der Waals surface area contributed by atoms with Crippen LogP contribution in [0.4, 0.5) is 5.69 Å². The number of hydrogen-bond donors (Lipinski definition) is 3. The number of carbonyl (C=O) groups is 1. The summed E-state index contributed by atoms with van der Waals surface area (Å²) in [5.74, 6) is 0.559. The van der Waals surface area contributed by atoms with Gasteiger partial charge in [-0.2, -0.15) is 0 Å². The van der Waals surface area contributed by atoms with E-state index in [9.17, 15) is 4.79 Å². The molecule has 1 atom stereocenters. The molecule has 0 spiro atoms. The van der Waals surface area contributed by atoms with Gasteiger partial charge in [-0.15, -0.1) is 24.0 Å². The normalized spacial score (nSPS) is 17.6. The number of aliphatic imine (C=N–C) groups is 1. The molecular weight excluding hydrogens is 533 g/mol. The fraction of sp³-hybridized carbons (Fsp3) is 0.600. The molecule has 1 aliphatic rings. The first-order valence-corrected chi connectivity index (χ1v) is 10.5. The Hall–Kier alpha value is -0.870. The summed E-state index contributed by atoms with van der Waals surface area (Å²) in [7, 11) is 1.72. The van der Waals surface area contributed by atoms with Crippen LogP contribution in [0.1, 0.15) is 38.2 Å². The van der Waals surface area contributed by atoms with Gasteiger partial charge in [-0.3, -0.25) is 9.79 Å². The van der Waals surface area contributed by atoms with Crippen molar-refractivity contribution in [2.45, 2.75) is 45.6 Å². The van der Waals surface area contributed by atoms with Crippen LogP contribution in [0.15, 0.2) is 27.7 Å². The smallest absolute Gasteiger partial charge is 0.243 e. The standard InChI is InChI=1S/C20H32BrN5O.HI/c1-15-8-9-17(21)13-18(15)25-19(27)14-24-20(22-3)23-10-6-12-26-11-5-4-7-16(26)2;/h8-9,13,16H,4-7,10-12,14H2,1-3H3,(H,25,27)(H2,22,23,24);1H. The monoisotopic (exact) mass is 565 g/mol. The predicted octanol–water partition coefficient (Wildman–Crippen LogP) is 3.74. The van der Waals surface area contributed by atoms with E-state index >= 15 is 0 Å². The highest BCUT2D eigenvalue weighted by atomic mass is 127. The van der Waals surface area contributed by atoms with E-state index in [2.05, 4.69) is 48.7 Å². The van der Waals surface area contributed by atoms with Gasteiger partial charge in [-0.25, -0.2) is 0 Å². The molecule has 1 aliphatic heterocycles. The molecule has 1 aromatic rings. The maximum Gasteiger partial charge on any atom is 0.243 e. The van der Waals surface area contributed by atoms with Gasteiger partial charge in [-0.05, 0) is 57.4 Å². The molecule has 6 nitrogen and oxygen atoms in total. The molecule has 158 valence electrons. The number of nitrogens with one attached hydrogen (secondary N) is 3. The van der Waals surface area contributed by atoms with E-state index < -0.39 is 0 Å². The number of piperidine rings is 1. The maximum atomic E-state index is 12.2. The lowest BCUT2D eigenvalue weighted by Gasteiger charge is -2.33.